The number of ether oxygens (including phenoxy) is 4. The molecule has 2 aliphatic heterocycles. The molecular formula is C30H23ClN2O8. The number of carbonyl (C=O) groups excluding carboxylic acids is 4. The van der Waals surface area contributed by atoms with E-state index in [9.17, 15) is 19.2 Å². The van der Waals surface area contributed by atoms with Gasteiger partial charge in [-0.15, -0.1) is 0 Å². The zero-order valence-corrected chi connectivity index (χ0v) is 22.4. The minimum atomic E-state index is -0.880. The van der Waals surface area contributed by atoms with E-state index >= 15 is 0 Å². The maximum absolute atomic E-state index is 13.6. The second-order valence-corrected chi connectivity index (χ2v) is 9.66. The number of hydrogen-bond acceptors (Lipinski definition) is 10. The molecule has 11 heteroatoms. The van der Waals surface area contributed by atoms with Gasteiger partial charge in [-0.1, -0.05) is 29.8 Å². The normalized spacial score (nSPS) is 21.8. The van der Waals surface area contributed by atoms with Crippen molar-refractivity contribution in [1.82, 2.24) is 9.97 Å². The van der Waals surface area contributed by atoms with Gasteiger partial charge in [0.05, 0.1) is 22.3 Å². The number of cyclic esters (lactones) is 1. The highest BCUT2D eigenvalue weighted by atomic mass is 35.5. The minimum Gasteiger partial charge on any atom is -0.459 e. The molecule has 0 spiro atoms. The molecule has 1 saturated heterocycles. The standard InChI is InChI=1S/C30H23ClN2O8/c1-17-12-23-22(39-23)9-3-2-8-20(34)13-21-26(30(37)38-17)24(40-28(35)18-6-4-10-32-15-18)14-25(27(21)31)41-29(36)19-7-5-11-33-16-19/h2-11,14-17,22-23H,12-13H2,1H3/b8-2+,9-3-/t17-,22+,23-/m1/s1. The van der Waals surface area contributed by atoms with E-state index in [-0.39, 0.29) is 57.4 Å². The molecule has 0 radical (unpaired) electrons. The van der Waals surface area contributed by atoms with E-state index in [0.717, 1.165) is 6.07 Å². The lowest BCUT2D eigenvalue weighted by molar-refractivity contribution is -0.114. The summed E-state index contributed by atoms with van der Waals surface area (Å²) in [7, 11) is 0. The van der Waals surface area contributed by atoms with E-state index < -0.39 is 29.8 Å². The van der Waals surface area contributed by atoms with Crippen molar-refractivity contribution < 1.29 is 38.1 Å². The molecule has 1 aromatic carbocycles. The first-order chi connectivity index (χ1) is 19.8. The second-order valence-electron chi connectivity index (χ2n) is 9.28. The van der Waals surface area contributed by atoms with Crippen LogP contribution in [0.2, 0.25) is 5.02 Å². The van der Waals surface area contributed by atoms with Gasteiger partial charge >= 0.3 is 17.9 Å². The summed E-state index contributed by atoms with van der Waals surface area (Å²) < 4.78 is 22.4. The molecule has 0 saturated carbocycles. The number of halogens is 1. The Balaban J connectivity index is 1.60. The van der Waals surface area contributed by atoms with Crippen LogP contribution in [0.4, 0.5) is 0 Å². The molecule has 1 fully saturated rings. The average molecular weight is 575 g/mol. The fraction of sp³-hybridized carbons (Fsp3) is 0.200. The molecule has 0 amide bonds. The smallest absolute Gasteiger partial charge is 0.345 e. The van der Waals surface area contributed by atoms with E-state index in [1.54, 1.807) is 31.2 Å². The van der Waals surface area contributed by atoms with Gasteiger partial charge in [0.2, 0.25) is 0 Å². The van der Waals surface area contributed by atoms with Crippen molar-refractivity contribution in [3.63, 3.8) is 0 Å². The van der Waals surface area contributed by atoms with Gasteiger partial charge in [-0.3, -0.25) is 14.8 Å². The van der Waals surface area contributed by atoms with Gasteiger partial charge in [0.25, 0.3) is 0 Å². The van der Waals surface area contributed by atoms with Crippen molar-refractivity contribution in [2.45, 2.75) is 38.1 Å². The summed E-state index contributed by atoms with van der Waals surface area (Å²) in [5.41, 5.74) is -0.0684. The van der Waals surface area contributed by atoms with Crippen molar-refractivity contribution in [1.29, 1.82) is 0 Å². The molecule has 2 aromatic heterocycles. The Morgan fingerprint density at radius 2 is 1.63 bits per heavy atom. The Kier molecular flexibility index (Phi) is 8.32. The first-order valence-corrected chi connectivity index (χ1v) is 13.0. The van der Waals surface area contributed by atoms with Gasteiger partial charge in [0.1, 0.15) is 23.5 Å². The highest BCUT2D eigenvalue weighted by Gasteiger charge is 2.38. The maximum Gasteiger partial charge on any atom is 0.345 e. The summed E-state index contributed by atoms with van der Waals surface area (Å²) in [6, 6.07) is 7.19. The number of nitrogens with zero attached hydrogens (tertiary/aromatic N) is 2. The van der Waals surface area contributed by atoms with Crippen LogP contribution in [0.15, 0.2) is 79.4 Å². The third kappa shape index (κ3) is 6.74. The van der Waals surface area contributed by atoms with E-state index in [2.05, 4.69) is 9.97 Å². The molecule has 4 heterocycles. The third-order valence-corrected chi connectivity index (χ3v) is 6.65. The Hall–Kier alpha value is -4.67. The van der Waals surface area contributed by atoms with Gasteiger partial charge < -0.3 is 18.9 Å². The largest absolute Gasteiger partial charge is 0.459 e. The summed E-state index contributed by atoms with van der Waals surface area (Å²) in [5.74, 6) is -3.51. The van der Waals surface area contributed by atoms with Crippen molar-refractivity contribution in [2.75, 3.05) is 0 Å². The van der Waals surface area contributed by atoms with Crippen molar-refractivity contribution >= 4 is 35.3 Å². The van der Waals surface area contributed by atoms with Crippen LogP contribution in [0, 0.1) is 0 Å². The number of allylic oxidation sites excluding steroid dienone is 3. The molecule has 0 unspecified atom stereocenters. The molecule has 0 N–H and O–H groups in total. The Morgan fingerprint density at radius 1 is 0.976 bits per heavy atom. The van der Waals surface area contributed by atoms with Crippen LogP contribution in [0.1, 0.15) is 50.0 Å². The molecule has 10 nitrogen and oxygen atoms in total. The van der Waals surface area contributed by atoms with Gasteiger partial charge in [0, 0.05) is 49.3 Å². The summed E-state index contributed by atoms with van der Waals surface area (Å²) in [6.45, 7) is 1.70. The van der Waals surface area contributed by atoms with Crippen molar-refractivity contribution in [3.8, 4) is 11.5 Å². The zero-order valence-electron chi connectivity index (χ0n) is 21.7. The number of benzene rings is 1. The maximum atomic E-state index is 13.6. The van der Waals surface area contributed by atoms with Gasteiger partial charge in [0.15, 0.2) is 11.5 Å². The van der Waals surface area contributed by atoms with E-state index in [4.69, 9.17) is 30.5 Å². The summed E-state index contributed by atoms with van der Waals surface area (Å²) in [5, 5.41) is -0.196. The lowest BCUT2D eigenvalue weighted by Gasteiger charge is -2.19. The number of carbonyl (C=O) groups is 4. The highest BCUT2D eigenvalue weighted by Crippen LogP contribution is 2.40. The number of esters is 3. The van der Waals surface area contributed by atoms with Crippen LogP contribution >= 0.6 is 11.6 Å². The first-order valence-electron chi connectivity index (χ1n) is 12.6. The number of ketones is 1. The molecule has 0 bridgehead atoms. The van der Waals surface area contributed by atoms with Crippen LogP contribution < -0.4 is 9.47 Å². The number of fused-ring (bicyclic) bond motifs is 2. The summed E-state index contributed by atoms with van der Waals surface area (Å²) in [6.07, 6.45) is 11.1. The molecule has 0 aliphatic carbocycles. The molecule has 5 rings (SSSR count). The van der Waals surface area contributed by atoms with Crippen LogP contribution in [0.25, 0.3) is 0 Å². The van der Waals surface area contributed by atoms with E-state index in [0.29, 0.717) is 6.42 Å². The third-order valence-electron chi connectivity index (χ3n) is 6.23. The number of pyridine rings is 2. The fourth-order valence-corrected chi connectivity index (χ4v) is 4.45. The molecule has 208 valence electrons. The number of aromatic nitrogens is 2. The first kappa shape index (κ1) is 27.9. The number of epoxide rings is 1. The van der Waals surface area contributed by atoms with Gasteiger partial charge in [-0.05, 0) is 37.3 Å². The predicted molar refractivity (Wildman–Crippen MR) is 145 cm³/mol. The van der Waals surface area contributed by atoms with Crippen LogP contribution in [0.3, 0.4) is 0 Å². The molecule has 41 heavy (non-hydrogen) atoms. The Morgan fingerprint density at radius 3 is 2.27 bits per heavy atom. The minimum absolute atomic E-state index is 0.0365. The zero-order chi connectivity index (χ0) is 28.9. The van der Waals surface area contributed by atoms with E-state index in [1.807, 2.05) is 6.08 Å². The molecular weight excluding hydrogens is 552 g/mol. The Labute approximate surface area is 239 Å². The quantitative estimate of drug-likeness (QED) is 0.249. The number of hydrogen-bond donors (Lipinski definition) is 0. The molecule has 2 aliphatic rings. The predicted octanol–water partition coefficient (Wildman–Crippen LogP) is 4.51. The van der Waals surface area contributed by atoms with Crippen LogP contribution in [-0.2, 0) is 20.7 Å². The Bertz CT molecular complexity index is 1560. The number of rotatable bonds is 4. The highest BCUT2D eigenvalue weighted by molar-refractivity contribution is 6.34. The SMILES string of the molecule is C[C@@H]1C[C@H]2O[C@H]2/C=C\C=C\C(=O)Cc2c(Cl)c(OC(=O)c3cccnc3)cc(OC(=O)c3cccnc3)c2C(=O)O1. The lowest BCUT2D eigenvalue weighted by atomic mass is 9.99. The van der Waals surface area contributed by atoms with Gasteiger partial charge in [-0.25, -0.2) is 14.4 Å². The van der Waals surface area contributed by atoms with Crippen LogP contribution in [-0.4, -0.2) is 52.0 Å². The van der Waals surface area contributed by atoms with Crippen molar-refractivity contribution in [2.24, 2.45) is 0 Å². The second kappa shape index (κ2) is 12.2. The van der Waals surface area contributed by atoms with Crippen LogP contribution in [0.5, 0.6) is 11.5 Å². The summed E-state index contributed by atoms with van der Waals surface area (Å²) in [4.78, 5) is 60.2. The van der Waals surface area contributed by atoms with E-state index in [1.165, 1.54) is 43.0 Å². The fourth-order valence-electron chi connectivity index (χ4n) is 4.19. The lowest BCUT2D eigenvalue weighted by Crippen LogP contribution is -2.22. The monoisotopic (exact) mass is 574 g/mol. The van der Waals surface area contributed by atoms with Gasteiger partial charge in [-0.2, -0.15) is 0 Å². The summed E-state index contributed by atoms with van der Waals surface area (Å²) >= 11 is 6.67. The molecule has 3 aromatic rings. The van der Waals surface area contributed by atoms with Crippen molar-refractivity contribution in [3.05, 3.63) is 107 Å². The topological polar surface area (TPSA) is 134 Å². The molecule has 3 atom stereocenters. The average Bonchev–Trinajstić information content (AvgIpc) is 3.70.